The number of ether oxygens (including phenoxy) is 1. The highest BCUT2D eigenvalue weighted by atomic mass is 19.1. The van der Waals surface area contributed by atoms with Crippen molar-refractivity contribution in [2.45, 2.75) is 45.6 Å². The van der Waals surface area contributed by atoms with Crippen LogP contribution in [0.4, 0.5) is 15.0 Å². The van der Waals surface area contributed by atoms with Crippen molar-refractivity contribution in [1.82, 2.24) is 4.57 Å². The minimum absolute atomic E-state index is 0.272. The van der Waals surface area contributed by atoms with Crippen molar-refractivity contribution >= 4 is 11.9 Å². The van der Waals surface area contributed by atoms with Crippen LogP contribution in [0.5, 0.6) is 0 Å². The Morgan fingerprint density at radius 1 is 1.04 bits per heavy atom. The van der Waals surface area contributed by atoms with Gasteiger partial charge in [-0.15, -0.1) is 0 Å². The lowest BCUT2D eigenvalue weighted by Crippen LogP contribution is -2.34. The van der Waals surface area contributed by atoms with E-state index in [4.69, 9.17) is 4.74 Å². The number of piperidine rings is 1. The Kier molecular flexibility index (Phi) is 4.84. The van der Waals surface area contributed by atoms with Crippen molar-refractivity contribution in [3.8, 4) is 11.1 Å². The van der Waals surface area contributed by atoms with E-state index in [-0.39, 0.29) is 11.9 Å². The van der Waals surface area contributed by atoms with Crippen LogP contribution in [-0.2, 0) is 4.74 Å². The summed E-state index contributed by atoms with van der Waals surface area (Å²) < 4.78 is 20.3. The molecule has 5 heteroatoms. The first-order valence-electron chi connectivity index (χ1n) is 8.80. The van der Waals surface area contributed by atoms with Crippen LogP contribution in [0, 0.1) is 5.82 Å². The third-order valence-electron chi connectivity index (χ3n) is 4.25. The Morgan fingerprint density at radius 3 is 2.28 bits per heavy atom. The Balaban J connectivity index is 1.98. The third-order valence-corrected chi connectivity index (χ3v) is 4.25. The minimum atomic E-state index is -0.559. The highest BCUT2D eigenvalue weighted by molar-refractivity contribution is 5.81. The van der Waals surface area contributed by atoms with Crippen LogP contribution in [0.3, 0.4) is 0 Å². The van der Waals surface area contributed by atoms with E-state index in [2.05, 4.69) is 4.90 Å². The van der Waals surface area contributed by atoms with E-state index in [1.807, 2.05) is 26.8 Å². The summed E-state index contributed by atoms with van der Waals surface area (Å²) in [4.78, 5) is 14.9. The van der Waals surface area contributed by atoms with Crippen molar-refractivity contribution in [2.24, 2.45) is 0 Å². The zero-order chi connectivity index (χ0) is 18.0. The fourth-order valence-corrected chi connectivity index (χ4v) is 3.08. The molecule has 0 N–H and O–H groups in total. The van der Waals surface area contributed by atoms with E-state index < -0.39 is 5.60 Å². The molecular weight excluding hydrogens is 319 g/mol. The maximum Gasteiger partial charge on any atom is 0.420 e. The van der Waals surface area contributed by atoms with Gasteiger partial charge in [0, 0.05) is 24.8 Å². The van der Waals surface area contributed by atoms with Crippen LogP contribution < -0.4 is 4.90 Å². The van der Waals surface area contributed by atoms with Crippen LogP contribution in [0.1, 0.15) is 40.0 Å². The smallest absolute Gasteiger partial charge is 0.420 e. The number of nitrogens with zero attached hydrogens (tertiary/aromatic N) is 2. The first-order valence-corrected chi connectivity index (χ1v) is 8.80. The monoisotopic (exact) mass is 344 g/mol. The number of rotatable bonds is 2. The Labute approximate surface area is 148 Å². The van der Waals surface area contributed by atoms with Gasteiger partial charge in [-0.1, -0.05) is 12.1 Å². The van der Waals surface area contributed by atoms with E-state index in [0.29, 0.717) is 0 Å². The van der Waals surface area contributed by atoms with Gasteiger partial charge in [-0.05, 0) is 63.8 Å². The van der Waals surface area contributed by atoms with E-state index in [1.54, 1.807) is 22.9 Å². The molecule has 0 saturated carbocycles. The zero-order valence-corrected chi connectivity index (χ0v) is 15.1. The lowest BCUT2D eigenvalue weighted by Gasteiger charge is -2.29. The summed E-state index contributed by atoms with van der Waals surface area (Å²) in [6.07, 6.45) is 4.85. The molecule has 0 bridgehead atoms. The number of carbonyl (C=O) groups excluding carboxylic acids is 1. The van der Waals surface area contributed by atoms with Crippen molar-refractivity contribution in [1.29, 1.82) is 0 Å². The molecule has 0 atom stereocenters. The summed E-state index contributed by atoms with van der Waals surface area (Å²) >= 11 is 0. The van der Waals surface area contributed by atoms with Crippen molar-refractivity contribution in [3.63, 3.8) is 0 Å². The van der Waals surface area contributed by atoms with Gasteiger partial charge in [-0.2, -0.15) is 0 Å². The number of benzene rings is 1. The second-order valence-electron chi connectivity index (χ2n) is 7.49. The van der Waals surface area contributed by atoms with Gasteiger partial charge in [0.1, 0.15) is 17.2 Å². The minimum Gasteiger partial charge on any atom is -0.443 e. The molecule has 1 saturated heterocycles. The summed E-state index contributed by atoms with van der Waals surface area (Å²) in [5.41, 5.74) is 1.20. The van der Waals surface area contributed by atoms with Gasteiger partial charge in [0.2, 0.25) is 0 Å². The molecule has 0 radical (unpaired) electrons. The lowest BCUT2D eigenvalue weighted by atomic mass is 10.1. The third kappa shape index (κ3) is 4.21. The van der Waals surface area contributed by atoms with Crippen LogP contribution >= 0.6 is 0 Å². The van der Waals surface area contributed by atoms with Gasteiger partial charge >= 0.3 is 6.09 Å². The second-order valence-corrected chi connectivity index (χ2v) is 7.49. The first-order chi connectivity index (χ1) is 11.8. The first kappa shape index (κ1) is 17.5. The molecule has 4 nitrogen and oxygen atoms in total. The number of anilines is 1. The average molecular weight is 344 g/mol. The summed E-state index contributed by atoms with van der Waals surface area (Å²) in [5, 5.41) is 0. The summed E-state index contributed by atoms with van der Waals surface area (Å²) in [6.45, 7) is 7.42. The van der Waals surface area contributed by atoms with Crippen LogP contribution in [0.15, 0.2) is 36.5 Å². The SMILES string of the molecule is CC(C)(C)OC(=O)n1cc(-c2ccc(F)cc2)cc1N1CCCCC1. The molecule has 2 heterocycles. The number of halogens is 1. The molecule has 1 aliphatic rings. The fourth-order valence-electron chi connectivity index (χ4n) is 3.08. The van der Waals surface area contributed by atoms with E-state index in [9.17, 15) is 9.18 Å². The molecule has 1 fully saturated rings. The molecule has 134 valence electrons. The highest BCUT2D eigenvalue weighted by Crippen LogP contribution is 2.30. The van der Waals surface area contributed by atoms with Gasteiger partial charge < -0.3 is 9.64 Å². The Bertz CT molecular complexity index is 738. The van der Waals surface area contributed by atoms with Gasteiger partial charge in [0.25, 0.3) is 0 Å². The maximum atomic E-state index is 13.2. The molecule has 0 aliphatic carbocycles. The quantitative estimate of drug-likeness (QED) is 0.763. The van der Waals surface area contributed by atoms with E-state index >= 15 is 0 Å². The number of hydrogen-bond acceptors (Lipinski definition) is 3. The normalized spacial score (nSPS) is 15.3. The van der Waals surface area contributed by atoms with Crippen molar-refractivity contribution in [3.05, 3.63) is 42.3 Å². The summed E-state index contributed by atoms with van der Waals surface area (Å²) in [7, 11) is 0. The van der Waals surface area contributed by atoms with Crippen molar-refractivity contribution in [2.75, 3.05) is 18.0 Å². The van der Waals surface area contributed by atoms with Crippen LogP contribution in [0.2, 0.25) is 0 Å². The van der Waals surface area contributed by atoms with Gasteiger partial charge in [-0.25, -0.2) is 13.8 Å². The topological polar surface area (TPSA) is 34.5 Å². The zero-order valence-electron chi connectivity index (χ0n) is 15.1. The number of aromatic nitrogens is 1. The second kappa shape index (κ2) is 6.90. The Morgan fingerprint density at radius 2 is 1.68 bits per heavy atom. The lowest BCUT2D eigenvalue weighted by molar-refractivity contribution is 0.0539. The fraction of sp³-hybridized carbons (Fsp3) is 0.450. The summed E-state index contributed by atoms with van der Waals surface area (Å²) in [5.74, 6) is 0.569. The molecule has 25 heavy (non-hydrogen) atoms. The van der Waals surface area contributed by atoms with Gasteiger partial charge in [0.05, 0.1) is 0 Å². The molecule has 0 unspecified atom stereocenters. The molecule has 1 aromatic heterocycles. The largest absolute Gasteiger partial charge is 0.443 e. The van der Waals surface area contributed by atoms with Crippen LogP contribution in [-0.4, -0.2) is 29.4 Å². The molecule has 0 spiro atoms. The molecule has 3 rings (SSSR count). The van der Waals surface area contributed by atoms with Gasteiger partial charge in [-0.3, -0.25) is 0 Å². The summed E-state index contributed by atoms with van der Waals surface area (Å²) in [6, 6.07) is 8.30. The maximum absolute atomic E-state index is 13.2. The van der Waals surface area contributed by atoms with Gasteiger partial charge in [0.15, 0.2) is 0 Å². The predicted molar refractivity (Wildman–Crippen MR) is 97.5 cm³/mol. The van der Waals surface area contributed by atoms with Crippen molar-refractivity contribution < 1.29 is 13.9 Å². The molecule has 1 aliphatic heterocycles. The molecular formula is C20H25FN2O2. The standard InChI is InChI=1S/C20H25FN2O2/c1-20(2,3)25-19(24)23-14-16(15-7-9-17(21)10-8-15)13-18(23)22-11-5-4-6-12-22/h7-10,13-14H,4-6,11-12H2,1-3H3. The van der Waals surface area contributed by atoms with Crippen LogP contribution in [0.25, 0.3) is 11.1 Å². The van der Waals surface area contributed by atoms with E-state index in [1.165, 1.54) is 18.6 Å². The predicted octanol–water partition coefficient (Wildman–Crippen LogP) is 5.07. The molecule has 0 amide bonds. The highest BCUT2D eigenvalue weighted by Gasteiger charge is 2.24. The number of hydrogen-bond donors (Lipinski definition) is 0. The molecule has 1 aromatic carbocycles. The Hall–Kier alpha value is -2.30. The molecule has 2 aromatic rings. The number of carbonyl (C=O) groups is 1. The van der Waals surface area contributed by atoms with E-state index in [0.717, 1.165) is 42.9 Å². The average Bonchev–Trinajstić information content (AvgIpc) is 3.00.